The van der Waals surface area contributed by atoms with Crippen LogP contribution in [0, 0.1) is 12.7 Å². The summed E-state index contributed by atoms with van der Waals surface area (Å²) >= 11 is 3.22. The maximum Gasteiger partial charge on any atom is 0.169 e. The molecule has 3 nitrogen and oxygen atoms in total. The van der Waals surface area contributed by atoms with Gasteiger partial charge in [0.05, 0.1) is 0 Å². The number of hydrazine groups is 1. The van der Waals surface area contributed by atoms with E-state index in [2.05, 4.69) is 21.4 Å². The van der Waals surface area contributed by atoms with Crippen molar-refractivity contribution in [3.63, 3.8) is 0 Å². The molecule has 0 aliphatic carbocycles. The largest absolute Gasteiger partial charge is 0.452 e. The summed E-state index contributed by atoms with van der Waals surface area (Å²) in [6.45, 7) is 1.72. The van der Waals surface area contributed by atoms with Crippen LogP contribution in [0.3, 0.4) is 0 Å². The number of halogens is 2. The monoisotopic (exact) mass is 298 g/mol. The molecule has 3 N–H and O–H groups in total. The first-order valence-electron chi connectivity index (χ1n) is 5.09. The third-order valence-electron chi connectivity index (χ3n) is 2.57. The van der Waals surface area contributed by atoms with Crippen molar-refractivity contribution >= 4 is 15.9 Å². The van der Waals surface area contributed by atoms with Crippen LogP contribution in [0.2, 0.25) is 0 Å². The number of furan rings is 1. The summed E-state index contributed by atoms with van der Waals surface area (Å²) in [5.41, 5.74) is 3.94. The van der Waals surface area contributed by atoms with Crippen molar-refractivity contribution in [1.29, 1.82) is 0 Å². The van der Waals surface area contributed by atoms with Crippen molar-refractivity contribution in [3.05, 3.63) is 57.7 Å². The fourth-order valence-electron chi connectivity index (χ4n) is 1.61. The number of rotatable bonds is 3. The summed E-state index contributed by atoms with van der Waals surface area (Å²) in [6.07, 6.45) is 0. The standard InChI is InChI=1S/C12H12BrFN2O/c1-7-2-3-8(6-9(7)14)12(16-15)10-4-5-11(13)17-10/h2-6,12,16H,15H2,1H3. The molecule has 17 heavy (non-hydrogen) atoms. The number of hydrogen-bond donors (Lipinski definition) is 2. The minimum Gasteiger partial charge on any atom is -0.452 e. The quantitative estimate of drug-likeness (QED) is 0.676. The van der Waals surface area contributed by atoms with Gasteiger partial charge in [0.1, 0.15) is 17.6 Å². The number of hydrogen-bond acceptors (Lipinski definition) is 3. The molecule has 0 fully saturated rings. The van der Waals surface area contributed by atoms with Crippen molar-refractivity contribution in [2.45, 2.75) is 13.0 Å². The summed E-state index contributed by atoms with van der Waals surface area (Å²) in [6, 6.07) is 8.18. The van der Waals surface area contributed by atoms with Gasteiger partial charge in [-0.05, 0) is 52.2 Å². The zero-order chi connectivity index (χ0) is 12.4. The van der Waals surface area contributed by atoms with Gasteiger partial charge < -0.3 is 4.42 Å². The van der Waals surface area contributed by atoms with Crippen LogP contribution in [-0.2, 0) is 0 Å². The summed E-state index contributed by atoms with van der Waals surface area (Å²) in [4.78, 5) is 0. The highest BCUT2D eigenvalue weighted by molar-refractivity contribution is 9.10. The van der Waals surface area contributed by atoms with E-state index in [1.165, 1.54) is 6.07 Å². The second kappa shape index (κ2) is 5.00. The van der Waals surface area contributed by atoms with Crippen LogP contribution in [0.5, 0.6) is 0 Å². The molecule has 1 heterocycles. The van der Waals surface area contributed by atoms with E-state index in [1.807, 2.05) is 6.07 Å². The molecule has 5 heteroatoms. The van der Waals surface area contributed by atoms with E-state index >= 15 is 0 Å². The van der Waals surface area contributed by atoms with Crippen LogP contribution in [0.15, 0.2) is 39.4 Å². The molecule has 2 aromatic rings. The molecular formula is C12H12BrFN2O. The molecule has 0 amide bonds. The van der Waals surface area contributed by atoms with Gasteiger partial charge in [0.25, 0.3) is 0 Å². The predicted octanol–water partition coefficient (Wildman–Crippen LogP) is 3.04. The highest BCUT2D eigenvalue weighted by Crippen LogP contribution is 2.26. The first-order valence-corrected chi connectivity index (χ1v) is 5.88. The Balaban J connectivity index is 2.38. The molecule has 0 bridgehead atoms. The van der Waals surface area contributed by atoms with E-state index in [-0.39, 0.29) is 11.9 Å². The highest BCUT2D eigenvalue weighted by Gasteiger charge is 2.17. The fraction of sp³-hybridized carbons (Fsp3) is 0.167. The van der Waals surface area contributed by atoms with Crippen LogP contribution in [0.4, 0.5) is 4.39 Å². The second-order valence-corrected chi connectivity index (χ2v) is 4.53. The Bertz CT molecular complexity index is 527. The molecule has 0 saturated heterocycles. The lowest BCUT2D eigenvalue weighted by Gasteiger charge is -2.14. The maximum absolute atomic E-state index is 13.5. The first kappa shape index (κ1) is 12.3. The van der Waals surface area contributed by atoms with E-state index in [9.17, 15) is 4.39 Å². The van der Waals surface area contributed by atoms with Crippen molar-refractivity contribution in [3.8, 4) is 0 Å². The van der Waals surface area contributed by atoms with Gasteiger partial charge >= 0.3 is 0 Å². The average Bonchev–Trinajstić information content (AvgIpc) is 2.71. The van der Waals surface area contributed by atoms with Crippen molar-refractivity contribution in [2.24, 2.45) is 5.84 Å². The lowest BCUT2D eigenvalue weighted by Crippen LogP contribution is -2.28. The van der Waals surface area contributed by atoms with Crippen LogP contribution < -0.4 is 11.3 Å². The van der Waals surface area contributed by atoms with Gasteiger partial charge in [-0.15, -0.1) is 0 Å². The van der Waals surface area contributed by atoms with Crippen molar-refractivity contribution in [2.75, 3.05) is 0 Å². The summed E-state index contributed by atoms with van der Waals surface area (Å²) in [5, 5.41) is 0. The molecule has 1 unspecified atom stereocenters. The van der Waals surface area contributed by atoms with Gasteiger partial charge in [0, 0.05) is 0 Å². The Morgan fingerprint density at radius 1 is 1.35 bits per heavy atom. The van der Waals surface area contributed by atoms with Gasteiger partial charge in [-0.25, -0.2) is 9.82 Å². The van der Waals surface area contributed by atoms with Gasteiger partial charge in [0.15, 0.2) is 4.67 Å². The van der Waals surface area contributed by atoms with Gasteiger partial charge in [0.2, 0.25) is 0 Å². The molecule has 0 aliphatic rings. The third kappa shape index (κ3) is 2.57. The molecular weight excluding hydrogens is 287 g/mol. The summed E-state index contributed by atoms with van der Waals surface area (Å²) in [5.74, 6) is 5.86. The van der Waals surface area contributed by atoms with Crippen molar-refractivity contribution in [1.82, 2.24) is 5.43 Å². The molecule has 0 radical (unpaired) electrons. The van der Waals surface area contributed by atoms with E-state index in [0.717, 1.165) is 5.56 Å². The Labute approximate surface area is 107 Å². The Hall–Kier alpha value is -1.17. The molecule has 2 rings (SSSR count). The van der Waals surface area contributed by atoms with Gasteiger partial charge in [-0.1, -0.05) is 12.1 Å². The number of benzene rings is 1. The van der Waals surface area contributed by atoms with Crippen LogP contribution in [-0.4, -0.2) is 0 Å². The lowest BCUT2D eigenvalue weighted by atomic mass is 10.0. The molecule has 0 saturated carbocycles. The van der Waals surface area contributed by atoms with Crippen LogP contribution in [0.25, 0.3) is 0 Å². The minimum absolute atomic E-state index is 0.256. The first-order chi connectivity index (χ1) is 8.11. The molecule has 1 aromatic heterocycles. The predicted molar refractivity (Wildman–Crippen MR) is 66.7 cm³/mol. The minimum atomic E-state index is -0.364. The molecule has 1 atom stereocenters. The SMILES string of the molecule is Cc1ccc(C(NN)c2ccc(Br)o2)cc1F. The number of aryl methyl sites for hydroxylation is 1. The van der Waals surface area contributed by atoms with E-state index in [0.29, 0.717) is 16.0 Å². The topological polar surface area (TPSA) is 51.2 Å². The van der Waals surface area contributed by atoms with Crippen LogP contribution >= 0.6 is 15.9 Å². The number of nitrogens with one attached hydrogen (secondary N) is 1. The molecule has 90 valence electrons. The van der Waals surface area contributed by atoms with E-state index < -0.39 is 0 Å². The molecule has 1 aromatic carbocycles. The fourth-order valence-corrected chi connectivity index (χ4v) is 1.93. The second-order valence-electron chi connectivity index (χ2n) is 3.75. The number of nitrogens with two attached hydrogens (primary N) is 1. The van der Waals surface area contributed by atoms with Crippen LogP contribution in [0.1, 0.15) is 22.9 Å². The normalized spacial score (nSPS) is 12.7. The third-order valence-corrected chi connectivity index (χ3v) is 3.00. The zero-order valence-corrected chi connectivity index (χ0v) is 10.8. The highest BCUT2D eigenvalue weighted by atomic mass is 79.9. The van der Waals surface area contributed by atoms with Gasteiger partial charge in [-0.2, -0.15) is 0 Å². The summed E-state index contributed by atoms with van der Waals surface area (Å²) < 4.78 is 19.5. The summed E-state index contributed by atoms with van der Waals surface area (Å²) in [7, 11) is 0. The van der Waals surface area contributed by atoms with Gasteiger partial charge in [-0.3, -0.25) is 5.84 Å². The maximum atomic E-state index is 13.5. The van der Waals surface area contributed by atoms with E-state index in [4.69, 9.17) is 10.3 Å². The Kier molecular flexibility index (Phi) is 3.61. The average molecular weight is 299 g/mol. The molecule has 0 aliphatic heterocycles. The smallest absolute Gasteiger partial charge is 0.169 e. The Morgan fingerprint density at radius 3 is 2.65 bits per heavy atom. The van der Waals surface area contributed by atoms with Crippen molar-refractivity contribution < 1.29 is 8.81 Å². The van der Waals surface area contributed by atoms with E-state index in [1.54, 1.807) is 25.1 Å². The molecule has 0 spiro atoms. The Morgan fingerprint density at radius 2 is 2.12 bits per heavy atom. The zero-order valence-electron chi connectivity index (χ0n) is 9.21. The lowest BCUT2D eigenvalue weighted by molar-refractivity contribution is 0.436.